The van der Waals surface area contributed by atoms with E-state index in [0.29, 0.717) is 12.0 Å². The van der Waals surface area contributed by atoms with Crippen LogP contribution in [-0.2, 0) is 0 Å². The fourth-order valence-corrected chi connectivity index (χ4v) is 3.84. The summed E-state index contributed by atoms with van der Waals surface area (Å²) < 4.78 is 0. The first-order valence-corrected chi connectivity index (χ1v) is 7.98. The molecule has 2 atom stereocenters. The van der Waals surface area contributed by atoms with Gasteiger partial charge in [-0.2, -0.15) is 0 Å². The molecular weight excluding hydrogens is 266 g/mol. The van der Waals surface area contributed by atoms with Gasteiger partial charge in [0, 0.05) is 12.0 Å². The Balaban J connectivity index is 1.81. The summed E-state index contributed by atoms with van der Waals surface area (Å²) in [6, 6.07) is 25.0. The molecule has 0 bridgehead atoms. The van der Waals surface area contributed by atoms with Crippen molar-refractivity contribution in [3.05, 3.63) is 83.4 Å². The van der Waals surface area contributed by atoms with Gasteiger partial charge < -0.3 is 4.90 Å². The van der Waals surface area contributed by atoms with Crippen molar-refractivity contribution in [3.63, 3.8) is 0 Å². The van der Waals surface area contributed by atoms with Crippen LogP contribution < -0.4 is 0 Å². The van der Waals surface area contributed by atoms with Gasteiger partial charge in [-0.15, -0.1) is 0 Å². The molecule has 0 heterocycles. The minimum absolute atomic E-state index is 0.508. The molecule has 1 aliphatic rings. The van der Waals surface area contributed by atoms with Gasteiger partial charge in [0.2, 0.25) is 0 Å². The second kappa shape index (κ2) is 5.26. The first kappa shape index (κ1) is 13.5. The monoisotopic (exact) mass is 287 g/mol. The van der Waals surface area contributed by atoms with Gasteiger partial charge in [-0.3, -0.25) is 0 Å². The van der Waals surface area contributed by atoms with Gasteiger partial charge in [0.25, 0.3) is 0 Å². The van der Waals surface area contributed by atoms with Crippen LogP contribution in [0, 0.1) is 0 Å². The Morgan fingerprint density at radius 1 is 0.773 bits per heavy atom. The van der Waals surface area contributed by atoms with Crippen LogP contribution in [-0.4, -0.2) is 19.0 Å². The largest absolute Gasteiger partial charge is 0.302 e. The summed E-state index contributed by atoms with van der Waals surface area (Å²) in [5, 5.41) is 2.66. The molecule has 3 aromatic carbocycles. The maximum Gasteiger partial charge on any atom is 0.0354 e. The summed E-state index contributed by atoms with van der Waals surface area (Å²) in [7, 11) is 4.37. The van der Waals surface area contributed by atoms with Crippen LogP contribution in [0.1, 0.15) is 35.1 Å². The highest BCUT2D eigenvalue weighted by atomic mass is 15.1. The van der Waals surface area contributed by atoms with Gasteiger partial charge in [0.15, 0.2) is 0 Å². The number of hydrogen-bond donors (Lipinski definition) is 0. The van der Waals surface area contributed by atoms with E-state index in [1.54, 1.807) is 0 Å². The molecule has 0 saturated carbocycles. The predicted molar refractivity (Wildman–Crippen MR) is 93.3 cm³/mol. The van der Waals surface area contributed by atoms with Crippen molar-refractivity contribution < 1.29 is 0 Å². The number of hydrogen-bond acceptors (Lipinski definition) is 1. The number of rotatable bonds is 2. The fourth-order valence-electron chi connectivity index (χ4n) is 3.84. The number of fused-ring (bicyclic) bond motifs is 2. The van der Waals surface area contributed by atoms with Gasteiger partial charge in [-0.05, 0) is 48.0 Å². The van der Waals surface area contributed by atoms with Crippen LogP contribution in [0.25, 0.3) is 10.8 Å². The van der Waals surface area contributed by atoms with Gasteiger partial charge in [-0.25, -0.2) is 0 Å². The summed E-state index contributed by atoms with van der Waals surface area (Å²) in [6.07, 6.45) is 1.17. The third kappa shape index (κ3) is 2.13. The van der Waals surface area contributed by atoms with Gasteiger partial charge >= 0.3 is 0 Å². The maximum absolute atomic E-state index is 2.37. The van der Waals surface area contributed by atoms with Crippen molar-refractivity contribution in [2.24, 2.45) is 0 Å². The van der Waals surface area contributed by atoms with E-state index in [1.165, 1.54) is 33.9 Å². The molecule has 110 valence electrons. The van der Waals surface area contributed by atoms with E-state index < -0.39 is 0 Å². The lowest BCUT2D eigenvalue weighted by molar-refractivity contribution is 0.293. The first-order chi connectivity index (χ1) is 10.7. The Kier molecular flexibility index (Phi) is 3.24. The molecule has 0 aromatic heterocycles. The quantitative estimate of drug-likeness (QED) is 0.642. The highest BCUT2D eigenvalue weighted by molar-refractivity contribution is 5.83. The van der Waals surface area contributed by atoms with Crippen LogP contribution in [0.15, 0.2) is 66.7 Å². The number of benzene rings is 3. The van der Waals surface area contributed by atoms with Gasteiger partial charge in [0.1, 0.15) is 0 Å². The fraction of sp³-hybridized carbons (Fsp3) is 0.238. The Morgan fingerprint density at radius 3 is 2.23 bits per heavy atom. The van der Waals surface area contributed by atoms with Crippen LogP contribution in [0.4, 0.5) is 0 Å². The Hall–Kier alpha value is -2.12. The van der Waals surface area contributed by atoms with Crippen molar-refractivity contribution >= 4 is 10.8 Å². The van der Waals surface area contributed by atoms with Crippen molar-refractivity contribution in [2.45, 2.75) is 18.4 Å². The molecule has 0 N–H and O–H groups in total. The molecule has 0 unspecified atom stereocenters. The summed E-state index contributed by atoms with van der Waals surface area (Å²) in [5.74, 6) is 0.508. The third-order valence-corrected chi connectivity index (χ3v) is 4.99. The van der Waals surface area contributed by atoms with E-state index >= 15 is 0 Å². The SMILES string of the molecule is CN(C)[C@@H]1C[C@H](c2ccc3ccccc3c2)c2ccccc21. The van der Waals surface area contributed by atoms with Crippen molar-refractivity contribution in [1.82, 2.24) is 4.90 Å². The molecule has 22 heavy (non-hydrogen) atoms. The summed E-state index contributed by atoms with van der Waals surface area (Å²) in [5.41, 5.74) is 4.43. The van der Waals surface area contributed by atoms with Crippen molar-refractivity contribution in [2.75, 3.05) is 14.1 Å². The lowest BCUT2D eigenvalue weighted by atomic mass is 9.91. The molecular formula is C21H21N. The maximum atomic E-state index is 2.37. The third-order valence-electron chi connectivity index (χ3n) is 4.99. The minimum Gasteiger partial charge on any atom is -0.302 e. The molecule has 1 heteroatoms. The van der Waals surface area contributed by atoms with Crippen molar-refractivity contribution in [1.29, 1.82) is 0 Å². The van der Waals surface area contributed by atoms with Crippen LogP contribution >= 0.6 is 0 Å². The zero-order chi connectivity index (χ0) is 15.1. The Morgan fingerprint density at radius 2 is 1.45 bits per heavy atom. The molecule has 0 saturated heterocycles. The normalized spacial score (nSPS) is 20.5. The Bertz CT molecular complexity index is 819. The van der Waals surface area contributed by atoms with E-state index in [2.05, 4.69) is 85.7 Å². The van der Waals surface area contributed by atoms with Gasteiger partial charge in [-0.1, -0.05) is 66.7 Å². The van der Waals surface area contributed by atoms with E-state index in [-0.39, 0.29) is 0 Å². The summed E-state index contributed by atoms with van der Waals surface area (Å²) in [6.45, 7) is 0. The second-order valence-corrected chi connectivity index (χ2v) is 6.50. The molecule has 3 aromatic rings. The van der Waals surface area contributed by atoms with Crippen LogP contribution in [0.2, 0.25) is 0 Å². The minimum atomic E-state index is 0.508. The highest BCUT2D eigenvalue weighted by Gasteiger charge is 2.32. The predicted octanol–water partition coefficient (Wildman–Crippen LogP) is 4.98. The molecule has 0 spiro atoms. The smallest absolute Gasteiger partial charge is 0.0354 e. The molecule has 1 nitrogen and oxygen atoms in total. The molecule has 0 fully saturated rings. The van der Waals surface area contributed by atoms with Crippen LogP contribution in [0.5, 0.6) is 0 Å². The molecule has 0 radical (unpaired) electrons. The average Bonchev–Trinajstić information content (AvgIpc) is 2.94. The van der Waals surface area contributed by atoms with Crippen LogP contribution in [0.3, 0.4) is 0 Å². The standard InChI is InChI=1S/C21H21N/c1-22(2)21-14-20(18-9-5-6-10-19(18)21)17-12-11-15-7-3-4-8-16(15)13-17/h3-13,20-21H,14H2,1-2H3/t20-,21-/m1/s1. The highest BCUT2D eigenvalue weighted by Crippen LogP contribution is 2.46. The van der Waals surface area contributed by atoms with E-state index in [4.69, 9.17) is 0 Å². The summed E-state index contributed by atoms with van der Waals surface area (Å²) >= 11 is 0. The summed E-state index contributed by atoms with van der Waals surface area (Å²) in [4.78, 5) is 2.35. The molecule has 1 aliphatic carbocycles. The molecule has 0 aliphatic heterocycles. The lowest BCUT2D eigenvalue weighted by Gasteiger charge is -2.20. The van der Waals surface area contributed by atoms with E-state index in [1.807, 2.05) is 0 Å². The zero-order valence-electron chi connectivity index (χ0n) is 13.2. The second-order valence-electron chi connectivity index (χ2n) is 6.50. The first-order valence-electron chi connectivity index (χ1n) is 7.98. The van der Waals surface area contributed by atoms with Crippen molar-refractivity contribution in [3.8, 4) is 0 Å². The lowest BCUT2D eigenvalue weighted by Crippen LogP contribution is -2.17. The van der Waals surface area contributed by atoms with E-state index in [0.717, 1.165) is 0 Å². The number of nitrogens with zero attached hydrogens (tertiary/aromatic N) is 1. The van der Waals surface area contributed by atoms with Gasteiger partial charge in [0.05, 0.1) is 0 Å². The average molecular weight is 287 g/mol. The topological polar surface area (TPSA) is 3.24 Å². The Labute approximate surface area is 132 Å². The van der Waals surface area contributed by atoms with E-state index in [9.17, 15) is 0 Å². The molecule has 4 rings (SSSR count). The zero-order valence-corrected chi connectivity index (χ0v) is 13.2. The molecule has 0 amide bonds.